The first-order chi connectivity index (χ1) is 9.58. The van der Waals surface area contributed by atoms with Gasteiger partial charge in [0.2, 0.25) is 0 Å². The van der Waals surface area contributed by atoms with Crippen LogP contribution in [0.3, 0.4) is 0 Å². The number of nitro groups is 1. The number of nitrogens with two attached hydrogens (primary N) is 1. The van der Waals surface area contributed by atoms with E-state index in [-0.39, 0.29) is 11.4 Å². The normalized spacial score (nSPS) is 10.6. The fourth-order valence-electron chi connectivity index (χ4n) is 1.89. The van der Waals surface area contributed by atoms with Crippen molar-refractivity contribution in [3.05, 3.63) is 46.3 Å². The number of rotatable bonds is 5. The van der Waals surface area contributed by atoms with Gasteiger partial charge in [0.15, 0.2) is 11.6 Å². The van der Waals surface area contributed by atoms with E-state index in [1.54, 1.807) is 6.20 Å². The molecule has 0 spiro atoms. The molecular formula is C12H13FN4O3. The van der Waals surface area contributed by atoms with Crippen molar-refractivity contribution in [2.75, 3.05) is 13.7 Å². The van der Waals surface area contributed by atoms with Gasteiger partial charge in [0.25, 0.3) is 0 Å². The summed E-state index contributed by atoms with van der Waals surface area (Å²) in [6.45, 7) is 0.364. The van der Waals surface area contributed by atoms with Crippen LogP contribution in [0.1, 0.15) is 5.82 Å². The Morgan fingerprint density at radius 1 is 1.55 bits per heavy atom. The molecule has 0 fully saturated rings. The Morgan fingerprint density at radius 2 is 2.30 bits per heavy atom. The molecule has 2 N–H and O–H groups in total. The summed E-state index contributed by atoms with van der Waals surface area (Å²) >= 11 is 0. The first-order valence-electron chi connectivity index (χ1n) is 5.83. The standard InChI is InChI=1S/C12H13FN4O3/c1-20-11-7-9(8(13)6-10(11)17(18)19)16-5-4-15-12(16)2-3-14/h4-7H,2-3,14H2,1H3. The maximum absolute atomic E-state index is 14.1. The largest absolute Gasteiger partial charge is 0.490 e. The van der Waals surface area contributed by atoms with Crippen LogP contribution in [0.5, 0.6) is 5.75 Å². The number of nitro benzene ring substituents is 1. The summed E-state index contributed by atoms with van der Waals surface area (Å²) in [4.78, 5) is 14.2. The molecule has 2 rings (SSSR count). The highest BCUT2D eigenvalue weighted by molar-refractivity contribution is 5.54. The molecule has 0 radical (unpaired) electrons. The van der Waals surface area contributed by atoms with E-state index in [9.17, 15) is 14.5 Å². The van der Waals surface area contributed by atoms with Crippen molar-refractivity contribution in [1.82, 2.24) is 9.55 Å². The third-order valence-corrected chi connectivity index (χ3v) is 2.79. The van der Waals surface area contributed by atoms with Crippen LogP contribution in [-0.4, -0.2) is 28.1 Å². The van der Waals surface area contributed by atoms with Gasteiger partial charge in [-0.25, -0.2) is 9.37 Å². The van der Waals surface area contributed by atoms with Crippen LogP contribution in [-0.2, 0) is 6.42 Å². The summed E-state index contributed by atoms with van der Waals surface area (Å²) in [5, 5.41) is 10.8. The predicted molar refractivity (Wildman–Crippen MR) is 69.5 cm³/mol. The number of hydrogen-bond donors (Lipinski definition) is 1. The maximum Gasteiger partial charge on any atom is 0.313 e. The van der Waals surface area contributed by atoms with E-state index in [2.05, 4.69) is 4.98 Å². The number of ether oxygens (including phenoxy) is 1. The molecule has 0 aliphatic carbocycles. The predicted octanol–water partition coefficient (Wildman–Crippen LogP) is 1.43. The second-order valence-corrected chi connectivity index (χ2v) is 3.98. The van der Waals surface area contributed by atoms with Crippen LogP contribution < -0.4 is 10.5 Å². The number of aromatic nitrogens is 2. The number of hydrogen-bond acceptors (Lipinski definition) is 5. The Hall–Kier alpha value is -2.48. The lowest BCUT2D eigenvalue weighted by atomic mass is 10.2. The Morgan fingerprint density at radius 3 is 2.90 bits per heavy atom. The Labute approximate surface area is 113 Å². The van der Waals surface area contributed by atoms with Crippen molar-refractivity contribution < 1.29 is 14.1 Å². The van der Waals surface area contributed by atoms with E-state index < -0.39 is 16.4 Å². The summed E-state index contributed by atoms with van der Waals surface area (Å²) in [5.74, 6) is -0.171. The van der Waals surface area contributed by atoms with Crippen LogP contribution >= 0.6 is 0 Å². The molecule has 0 saturated heterocycles. The molecule has 8 heteroatoms. The van der Waals surface area contributed by atoms with Gasteiger partial charge in [0, 0.05) is 24.9 Å². The SMILES string of the molecule is COc1cc(-n2ccnc2CCN)c(F)cc1[N+](=O)[O-]. The summed E-state index contributed by atoms with van der Waals surface area (Å²) in [5.41, 5.74) is 5.17. The second kappa shape index (κ2) is 5.66. The first-order valence-corrected chi connectivity index (χ1v) is 5.83. The molecule has 0 saturated carbocycles. The van der Waals surface area contributed by atoms with Crippen molar-refractivity contribution in [3.63, 3.8) is 0 Å². The molecule has 106 valence electrons. The topological polar surface area (TPSA) is 96.2 Å². The van der Waals surface area contributed by atoms with Gasteiger partial charge in [-0.05, 0) is 6.54 Å². The van der Waals surface area contributed by atoms with Crippen molar-refractivity contribution in [3.8, 4) is 11.4 Å². The van der Waals surface area contributed by atoms with Gasteiger partial charge >= 0.3 is 5.69 Å². The lowest BCUT2D eigenvalue weighted by Crippen LogP contribution is -2.10. The zero-order valence-corrected chi connectivity index (χ0v) is 10.7. The lowest BCUT2D eigenvalue weighted by molar-refractivity contribution is -0.385. The molecule has 1 aromatic carbocycles. The number of nitrogens with zero attached hydrogens (tertiary/aromatic N) is 3. The van der Waals surface area contributed by atoms with Crippen molar-refractivity contribution >= 4 is 5.69 Å². The fraction of sp³-hybridized carbons (Fsp3) is 0.250. The smallest absolute Gasteiger partial charge is 0.313 e. The van der Waals surface area contributed by atoms with Crippen molar-refractivity contribution in [2.45, 2.75) is 6.42 Å². The molecular weight excluding hydrogens is 267 g/mol. The number of benzene rings is 1. The average Bonchev–Trinajstić information content (AvgIpc) is 2.87. The Bertz CT molecular complexity index is 642. The highest BCUT2D eigenvalue weighted by atomic mass is 19.1. The molecule has 0 amide bonds. The van der Waals surface area contributed by atoms with Crippen LogP contribution in [0.2, 0.25) is 0 Å². The third kappa shape index (κ3) is 2.45. The molecule has 1 heterocycles. The fourth-order valence-corrected chi connectivity index (χ4v) is 1.89. The molecule has 0 atom stereocenters. The lowest BCUT2D eigenvalue weighted by Gasteiger charge is -2.10. The number of imidazole rings is 1. The summed E-state index contributed by atoms with van der Waals surface area (Å²) < 4.78 is 20.5. The highest BCUT2D eigenvalue weighted by Gasteiger charge is 2.20. The monoisotopic (exact) mass is 280 g/mol. The molecule has 0 bridgehead atoms. The molecule has 0 aliphatic heterocycles. The Kier molecular flexibility index (Phi) is 3.94. The van der Waals surface area contributed by atoms with E-state index in [1.807, 2.05) is 0 Å². The molecule has 20 heavy (non-hydrogen) atoms. The van der Waals surface area contributed by atoms with Crippen LogP contribution in [0, 0.1) is 15.9 Å². The minimum atomic E-state index is -0.728. The van der Waals surface area contributed by atoms with Gasteiger partial charge in [-0.2, -0.15) is 0 Å². The van der Waals surface area contributed by atoms with Gasteiger partial charge in [0.1, 0.15) is 5.82 Å². The van der Waals surface area contributed by atoms with Crippen LogP contribution in [0.4, 0.5) is 10.1 Å². The van der Waals surface area contributed by atoms with Crippen LogP contribution in [0.15, 0.2) is 24.5 Å². The first kappa shape index (κ1) is 13.9. The molecule has 1 aromatic heterocycles. The molecule has 0 unspecified atom stereocenters. The highest BCUT2D eigenvalue weighted by Crippen LogP contribution is 2.31. The minimum absolute atomic E-state index is 0.0150. The van der Waals surface area contributed by atoms with Gasteiger partial charge in [-0.15, -0.1) is 0 Å². The van der Waals surface area contributed by atoms with E-state index in [4.69, 9.17) is 10.5 Å². The zero-order chi connectivity index (χ0) is 14.7. The van der Waals surface area contributed by atoms with Crippen molar-refractivity contribution in [1.29, 1.82) is 0 Å². The molecule has 7 nitrogen and oxygen atoms in total. The maximum atomic E-state index is 14.1. The van der Waals surface area contributed by atoms with E-state index in [0.717, 1.165) is 6.07 Å². The second-order valence-electron chi connectivity index (χ2n) is 3.98. The van der Waals surface area contributed by atoms with Crippen molar-refractivity contribution in [2.24, 2.45) is 5.73 Å². The van der Waals surface area contributed by atoms with Gasteiger partial charge in [-0.1, -0.05) is 0 Å². The number of halogens is 1. The molecule has 2 aromatic rings. The van der Waals surface area contributed by atoms with Gasteiger partial charge < -0.3 is 15.0 Å². The van der Waals surface area contributed by atoms with Gasteiger partial charge in [-0.3, -0.25) is 10.1 Å². The summed E-state index contributed by atoms with van der Waals surface area (Å²) in [7, 11) is 1.29. The quantitative estimate of drug-likeness (QED) is 0.660. The summed E-state index contributed by atoms with van der Waals surface area (Å²) in [6.07, 6.45) is 3.54. The summed E-state index contributed by atoms with van der Waals surface area (Å²) in [6, 6.07) is 2.11. The van der Waals surface area contributed by atoms with E-state index in [1.165, 1.54) is 23.9 Å². The van der Waals surface area contributed by atoms with Gasteiger partial charge in [0.05, 0.1) is 23.8 Å². The van der Waals surface area contributed by atoms with E-state index in [0.29, 0.717) is 18.8 Å². The zero-order valence-electron chi connectivity index (χ0n) is 10.7. The molecule has 0 aliphatic rings. The number of methoxy groups -OCH3 is 1. The van der Waals surface area contributed by atoms with Crippen LogP contribution in [0.25, 0.3) is 5.69 Å². The third-order valence-electron chi connectivity index (χ3n) is 2.79. The van der Waals surface area contributed by atoms with E-state index >= 15 is 0 Å². The Balaban J connectivity index is 2.57. The minimum Gasteiger partial charge on any atom is -0.490 e. The average molecular weight is 280 g/mol.